The van der Waals surface area contributed by atoms with Crippen LogP contribution in [0.2, 0.25) is 0 Å². The molecule has 15 heavy (non-hydrogen) atoms. The summed E-state index contributed by atoms with van der Waals surface area (Å²) in [6.45, 7) is 4.22. The second-order valence-electron chi connectivity index (χ2n) is 4.01. The quantitative estimate of drug-likeness (QED) is 0.677. The minimum atomic E-state index is 0.503. The van der Waals surface area contributed by atoms with E-state index >= 15 is 0 Å². The van der Waals surface area contributed by atoms with Crippen LogP contribution in [0, 0.1) is 13.8 Å². The summed E-state index contributed by atoms with van der Waals surface area (Å²) in [6.07, 6.45) is 1.45. The molecule has 76 valence electrons. The maximum absolute atomic E-state index is 10.4. The van der Waals surface area contributed by atoms with Gasteiger partial charge < -0.3 is 4.79 Å². The van der Waals surface area contributed by atoms with Gasteiger partial charge in [0.1, 0.15) is 6.29 Å². The van der Waals surface area contributed by atoms with Crippen LogP contribution in [0.1, 0.15) is 16.7 Å². The van der Waals surface area contributed by atoms with Crippen LogP contribution in [0.4, 0.5) is 0 Å². The minimum Gasteiger partial charge on any atom is -0.303 e. The number of aryl methyl sites for hydroxylation is 2. The summed E-state index contributed by atoms with van der Waals surface area (Å²) in [5.41, 5.74) is 3.65. The fourth-order valence-corrected chi connectivity index (χ4v) is 2.02. The molecule has 0 unspecified atom stereocenters. The maximum Gasteiger partial charge on any atom is 0.124 e. The third-order valence-electron chi connectivity index (χ3n) is 2.69. The van der Waals surface area contributed by atoms with Gasteiger partial charge in [-0.25, -0.2) is 0 Å². The van der Waals surface area contributed by atoms with E-state index in [1.807, 2.05) is 6.07 Å². The molecule has 0 aromatic heterocycles. The highest BCUT2D eigenvalue weighted by Gasteiger charge is 2.00. The Balaban J connectivity index is 2.65. The highest BCUT2D eigenvalue weighted by Crippen LogP contribution is 2.21. The van der Waals surface area contributed by atoms with Gasteiger partial charge in [0.05, 0.1) is 0 Å². The SMILES string of the molecule is Cc1cc(C)c2ccc(CC=O)cc2c1. The number of hydrogen-bond donors (Lipinski definition) is 0. The van der Waals surface area contributed by atoms with E-state index in [-0.39, 0.29) is 0 Å². The summed E-state index contributed by atoms with van der Waals surface area (Å²) >= 11 is 0. The smallest absolute Gasteiger partial charge is 0.124 e. The zero-order valence-electron chi connectivity index (χ0n) is 9.08. The van der Waals surface area contributed by atoms with Crippen LogP contribution >= 0.6 is 0 Å². The topological polar surface area (TPSA) is 17.1 Å². The van der Waals surface area contributed by atoms with Crippen molar-refractivity contribution in [1.82, 2.24) is 0 Å². The molecule has 0 amide bonds. The van der Waals surface area contributed by atoms with Crippen LogP contribution in [0.15, 0.2) is 30.3 Å². The average Bonchev–Trinajstić information content (AvgIpc) is 2.17. The van der Waals surface area contributed by atoms with E-state index < -0.39 is 0 Å². The Bertz CT molecular complexity index is 512. The highest BCUT2D eigenvalue weighted by atomic mass is 16.1. The largest absolute Gasteiger partial charge is 0.303 e. The highest BCUT2D eigenvalue weighted by molar-refractivity contribution is 5.87. The Labute approximate surface area is 89.7 Å². The third-order valence-corrected chi connectivity index (χ3v) is 2.69. The van der Waals surface area contributed by atoms with E-state index in [0.717, 1.165) is 11.8 Å². The first kappa shape index (κ1) is 9.91. The number of benzene rings is 2. The van der Waals surface area contributed by atoms with Crippen LogP contribution < -0.4 is 0 Å². The number of carbonyl (C=O) groups is 1. The molecule has 0 atom stereocenters. The lowest BCUT2D eigenvalue weighted by molar-refractivity contribution is -0.107. The zero-order chi connectivity index (χ0) is 10.8. The van der Waals surface area contributed by atoms with Crippen molar-refractivity contribution in [1.29, 1.82) is 0 Å². The van der Waals surface area contributed by atoms with Crippen LogP contribution in [0.25, 0.3) is 10.8 Å². The molecule has 0 bridgehead atoms. The molecule has 2 aromatic rings. The molecule has 0 N–H and O–H groups in total. The first-order chi connectivity index (χ1) is 7.20. The molecule has 0 aliphatic carbocycles. The molecule has 0 heterocycles. The second-order valence-corrected chi connectivity index (χ2v) is 4.01. The molecule has 2 aromatic carbocycles. The Morgan fingerprint density at radius 2 is 1.93 bits per heavy atom. The lowest BCUT2D eigenvalue weighted by Crippen LogP contribution is -1.87. The standard InChI is InChI=1S/C14H14O/c1-10-7-11(2)14-4-3-12(5-6-15)9-13(14)8-10/h3-4,6-9H,5H2,1-2H3. The van der Waals surface area contributed by atoms with E-state index in [1.165, 1.54) is 21.9 Å². The number of rotatable bonds is 2. The summed E-state index contributed by atoms with van der Waals surface area (Å²) < 4.78 is 0. The van der Waals surface area contributed by atoms with Crippen molar-refractivity contribution in [2.75, 3.05) is 0 Å². The van der Waals surface area contributed by atoms with Gasteiger partial charge in [-0.15, -0.1) is 0 Å². The summed E-state index contributed by atoms with van der Waals surface area (Å²) in [6, 6.07) is 10.6. The molecule has 0 aliphatic rings. The van der Waals surface area contributed by atoms with Gasteiger partial charge in [-0.2, -0.15) is 0 Å². The van der Waals surface area contributed by atoms with Crippen LogP contribution in [0.3, 0.4) is 0 Å². The fraction of sp³-hybridized carbons (Fsp3) is 0.214. The summed E-state index contributed by atoms with van der Waals surface area (Å²) in [5.74, 6) is 0. The molecule has 0 spiro atoms. The lowest BCUT2D eigenvalue weighted by atomic mass is 9.99. The van der Waals surface area contributed by atoms with E-state index in [0.29, 0.717) is 6.42 Å². The van der Waals surface area contributed by atoms with Gasteiger partial charge >= 0.3 is 0 Å². The van der Waals surface area contributed by atoms with Crippen molar-refractivity contribution < 1.29 is 4.79 Å². The number of hydrogen-bond acceptors (Lipinski definition) is 1. The number of carbonyl (C=O) groups excluding carboxylic acids is 1. The first-order valence-electron chi connectivity index (χ1n) is 5.14. The number of aldehydes is 1. The average molecular weight is 198 g/mol. The third kappa shape index (κ3) is 1.91. The lowest BCUT2D eigenvalue weighted by Gasteiger charge is -2.05. The molecular weight excluding hydrogens is 184 g/mol. The molecule has 0 aliphatic heterocycles. The molecule has 1 nitrogen and oxygen atoms in total. The van der Waals surface area contributed by atoms with Crippen molar-refractivity contribution in [2.24, 2.45) is 0 Å². The molecule has 0 radical (unpaired) electrons. The molecule has 0 saturated carbocycles. The number of fused-ring (bicyclic) bond motifs is 1. The Morgan fingerprint density at radius 3 is 2.67 bits per heavy atom. The van der Waals surface area contributed by atoms with Gasteiger partial charge in [-0.1, -0.05) is 35.9 Å². The van der Waals surface area contributed by atoms with Gasteiger partial charge in [-0.05, 0) is 35.7 Å². The predicted molar refractivity (Wildman–Crippen MR) is 63.2 cm³/mol. The predicted octanol–water partition coefficient (Wildman–Crippen LogP) is 3.20. The molecule has 1 heteroatoms. The van der Waals surface area contributed by atoms with Gasteiger partial charge in [0.25, 0.3) is 0 Å². The van der Waals surface area contributed by atoms with Crippen molar-refractivity contribution in [3.05, 3.63) is 47.0 Å². The van der Waals surface area contributed by atoms with E-state index in [4.69, 9.17) is 0 Å². The molecule has 0 saturated heterocycles. The minimum absolute atomic E-state index is 0.503. The van der Waals surface area contributed by atoms with Crippen LogP contribution in [-0.4, -0.2) is 6.29 Å². The van der Waals surface area contributed by atoms with Crippen molar-refractivity contribution in [3.8, 4) is 0 Å². The van der Waals surface area contributed by atoms with Gasteiger partial charge in [-0.3, -0.25) is 0 Å². The van der Waals surface area contributed by atoms with E-state index in [1.54, 1.807) is 0 Å². The normalized spacial score (nSPS) is 10.5. The molecule has 2 rings (SSSR count). The molecule has 0 fully saturated rings. The Morgan fingerprint density at radius 1 is 1.13 bits per heavy atom. The second kappa shape index (κ2) is 3.85. The Hall–Kier alpha value is -1.63. The maximum atomic E-state index is 10.4. The van der Waals surface area contributed by atoms with Crippen molar-refractivity contribution >= 4 is 17.1 Å². The summed E-state index contributed by atoms with van der Waals surface area (Å²) in [7, 11) is 0. The molecular formula is C14H14O. The van der Waals surface area contributed by atoms with E-state index in [2.05, 4.69) is 38.1 Å². The monoisotopic (exact) mass is 198 g/mol. The Kier molecular flexibility index (Phi) is 2.55. The van der Waals surface area contributed by atoms with Crippen molar-refractivity contribution in [2.45, 2.75) is 20.3 Å². The van der Waals surface area contributed by atoms with Gasteiger partial charge in [0, 0.05) is 6.42 Å². The fourth-order valence-electron chi connectivity index (χ4n) is 2.02. The van der Waals surface area contributed by atoms with E-state index in [9.17, 15) is 4.79 Å². The first-order valence-corrected chi connectivity index (χ1v) is 5.14. The van der Waals surface area contributed by atoms with Gasteiger partial charge in [0.15, 0.2) is 0 Å². The zero-order valence-corrected chi connectivity index (χ0v) is 9.08. The van der Waals surface area contributed by atoms with Crippen LogP contribution in [0.5, 0.6) is 0 Å². The summed E-state index contributed by atoms with van der Waals surface area (Å²) in [4.78, 5) is 10.4. The van der Waals surface area contributed by atoms with Crippen molar-refractivity contribution in [3.63, 3.8) is 0 Å². The van der Waals surface area contributed by atoms with Gasteiger partial charge in [0.2, 0.25) is 0 Å². The van der Waals surface area contributed by atoms with Crippen LogP contribution in [-0.2, 0) is 11.2 Å². The summed E-state index contributed by atoms with van der Waals surface area (Å²) in [5, 5.41) is 2.50.